The van der Waals surface area contributed by atoms with Crippen LogP contribution in [0.25, 0.3) is 0 Å². The van der Waals surface area contributed by atoms with E-state index in [-0.39, 0.29) is 5.91 Å². The summed E-state index contributed by atoms with van der Waals surface area (Å²) in [6, 6.07) is 6.17. The van der Waals surface area contributed by atoms with E-state index in [0.717, 1.165) is 24.1 Å². The van der Waals surface area contributed by atoms with E-state index in [2.05, 4.69) is 38.2 Å². The highest BCUT2D eigenvalue weighted by Crippen LogP contribution is 2.13. The van der Waals surface area contributed by atoms with E-state index in [0.29, 0.717) is 5.92 Å². The summed E-state index contributed by atoms with van der Waals surface area (Å²) < 4.78 is 0. The van der Waals surface area contributed by atoms with Crippen LogP contribution in [0.4, 0.5) is 0 Å². The second-order valence-electron chi connectivity index (χ2n) is 5.36. The lowest BCUT2D eigenvalue weighted by Gasteiger charge is -2.11. The monoisotopic (exact) mass is 247 g/mol. The van der Waals surface area contributed by atoms with Gasteiger partial charge in [0.05, 0.1) is 0 Å². The molecule has 2 nitrogen and oxygen atoms in total. The SMILES string of the molecule is CCCCc1ccc(C(=O)NCC(C)C)c(C)c1. The lowest BCUT2D eigenvalue weighted by Crippen LogP contribution is -2.27. The number of hydrogen-bond donors (Lipinski definition) is 1. The van der Waals surface area contributed by atoms with Gasteiger partial charge in [0.1, 0.15) is 0 Å². The normalized spacial score (nSPS) is 10.7. The first kappa shape index (κ1) is 14.7. The van der Waals surface area contributed by atoms with E-state index in [9.17, 15) is 4.79 Å². The number of carbonyl (C=O) groups is 1. The van der Waals surface area contributed by atoms with Crippen LogP contribution in [0.15, 0.2) is 18.2 Å². The lowest BCUT2D eigenvalue weighted by molar-refractivity contribution is 0.0948. The van der Waals surface area contributed by atoms with Gasteiger partial charge in [-0.25, -0.2) is 0 Å². The highest BCUT2D eigenvalue weighted by Gasteiger charge is 2.09. The Morgan fingerprint density at radius 3 is 2.61 bits per heavy atom. The Labute approximate surface area is 111 Å². The highest BCUT2D eigenvalue weighted by atomic mass is 16.1. The van der Waals surface area contributed by atoms with Gasteiger partial charge in [0, 0.05) is 12.1 Å². The van der Waals surface area contributed by atoms with E-state index in [1.165, 1.54) is 18.4 Å². The van der Waals surface area contributed by atoms with Crippen molar-refractivity contribution in [2.24, 2.45) is 5.92 Å². The van der Waals surface area contributed by atoms with Gasteiger partial charge < -0.3 is 5.32 Å². The van der Waals surface area contributed by atoms with Crippen molar-refractivity contribution in [3.8, 4) is 0 Å². The molecule has 0 spiro atoms. The van der Waals surface area contributed by atoms with E-state index in [1.807, 2.05) is 13.0 Å². The summed E-state index contributed by atoms with van der Waals surface area (Å²) in [5.41, 5.74) is 3.20. The first-order valence-electron chi connectivity index (χ1n) is 6.92. The number of hydrogen-bond acceptors (Lipinski definition) is 1. The van der Waals surface area contributed by atoms with Crippen LogP contribution < -0.4 is 5.32 Å². The molecule has 0 saturated carbocycles. The van der Waals surface area contributed by atoms with E-state index in [1.54, 1.807) is 0 Å². The standard InChI is InChI=1S/C16H25NO/c1-5-6-7-14-8-9-15(13(4)10-14)16(18)17-11-12(2)3/h8-10,12H,5-7,11H2,1-4H3,(H,17,18). The summed E-state index contributed by atoms with van der Waals surface area (Å²) in [6.07, 6.45) is 3.51. The molecule has 0 aliphatic carbocycles. The minimum Gasteiger partial charge on any atom is -0.352 e. The average molecular weight is 247 g/mol. The van der Waals surface area contributed by atoms with Crippen LogP contribution in [0.1, 0.15) is 55.1 Å². The number of aryl methyl sites for hydroxylation is 2. The van der Waals surface area contributed by atoms with Gasteiger partial charge in [-0.15, -0.1) is 0 Å². The fourth-order valence-corrected chi connectivity index (χ4v) is 1.91. The molecule has 0 unspecified atom stereocenters. The minimum atomic E-state index is 0.0447. The number of benzene rings is 1. The van der Waals surface area contributed by atoms with Crippen LogP contribution in [-0.2, 0) is 6.42 Å². The van der Waals surface area contributed by atoms with Gasteiger partial charge in [0.15, 0.2) is 0 Å². The van der Waals surface area contributed by atoms with Crippen LogP contribution in [-0.4, -0.2) is 12.5 Å². The Kier molecular flexibility index (Phi) is 5.90. The molecular weight excluding hydrogens is 222 g/mol. The summed E-state index contributed by atoms with van der Waals surface area (Å²) in [7, 11) is 0. The minimum absolute atomic E-state index is 0.0447. The second kappa shape index (κ2) is 7.20. The molecule has 100 valence electrons. The summed E-state index contributed by atoms with van der Waals surface area (Å²) in [4.78, 5) is 12.0. The van der Waals surface area contributed by atoms with Crippen molar-refractivity contribution < 1.29 is 4.79 Å². The number of rotatable bonds is 6. The average Bonchev–Trinajstić information content (AvgIpc) is 2.33. The largest absolute Gasteiger partial charge is 0.352 e. The van der Waals surface area contributed by atoms with Crippen LogP contribution in [0.5, 0.6) is 0 Å². The molecule has 0 heterocycles. The molecule has 0 aromatic heterocycles. The van der Waals surface area contributed by atoms with Crippen molar-refractivity contribution in [2.45, 2.75) is 47.0 Å². The Hall–Kier alpha value is -1.31. The van der Waals surface area contributed by atoms with Gasteiger partial charge in [-0.3, -0.25) is 4.79 Å². The van der Waals surface area contributed by atoms with Crippen molar-refractivity contribution in [1.29, 1.82) is 0 Å². The molecular formula is C16H25NO. The van der Waals surface area contributed by atoms with Gasteiger partial charge in [0.25, 0.3) is 5.91 Å². The zero-order chi connectivity index (χ0) is 13.5. The number of amides is 1. The molecule has 18 heavy (non-hydrogen) atoms. The number of carbonyl (C=O) groups excluding carboxylic acids is 1. The van der Waals surface area contributed by atoms with E-state index in [4.69, 9.17) is 0 Å². The molecule has 0 saturated heterocycles. The van der Waals surface area contributed by atoms with E-state index >= 15 is 0 Å². The molecule has 0 bridgehead atoms. The third-order valence-corrected chi connectivity index (χ3v) is 3.03. The van der Waals surface area contributed by atoms with Gasteiger partial charge in [-0.1, -0.05) is 39.3 Å². The molecule has 0 radical (unpaired) electrons. The zero-order valence-corrected chi connectivity index (χ0v) is 12.0. The Bertz CT molecular complexity index is 396. The highest BCUT2D eigenvalue weighted by molar-refractivity contribution is 5.95. The topological polar surface area (TPSA) is 29.1 Å². The number of unbranched alkanes of at least 4 members (excludes halogenated alkanes) is 1. The van der Waals surface area contributed by atoms with Crippen LogP contribution in [0.3, 0.4) is 0 Å². The summed E-state index contributed by atoms with van der Waals surface area (Å²) in [6.45, 7) is 9.14. The molecule has 0 atom stereocenters. The van der Waals surface area contributed by atoms with Crippen LogP contribution in [0.2, 0.25) is 0 Å². The van der Waals surface area contributed by atoms with Crippen LogP contribution in [0, 0.1) is 12.8 Å². The quantitative estimate of drug-likeness (QED) is 0.815. The molecule has 1 aromatic carbocycles. The summed E-state index contributed by atoms with van der Waals surface area (Å²) in [5.74, 6) is 0.529. The molecule has 1 rings (SSSR count). The van der Waals surface area contributed by atoms with Crippen molar-refractivity contribution >= 4 is 5.91 Å². The fourth-order valence-electron chi connectivity index (χ4n) is 1.91. The maximum atomic E-state index is 12.0. The zero-order valence-electron chi connectivity index (χ0n) is 12.0. The van der Waals surface area contributed by atoms with Crippen molar-refractivity contribution in [3.05, 3.63) is 34.9 Å². The molecule has 0 aliphatic heterocycles. The van der Waals surface area contributed by atoms with Crippen LogP contribution >= 0.6 is 0 Å². The van der Waals surface area contributed by atoms with Crippen molar-refractivity contribution in [1.82, 2.24) is 5.32 Å². The van der Waals surface area contributed by atoms with Gasteiger partial charge >= 0.3 is 0 Å². The predicted molar refractivity (Wildman–Crippen MR) is 77.0 cm³/mol. The second-order valence-corrected chi connectivity index (χ2v) is 5.36. The van der Waals surface area contributed by atoms with Gasteiger partial charge in [0.2, 0.25) is 0 Å². The first-order valence-corrected chi connectivity index (χ1v) is 6.92. The summed E-state index contributed by atoms with van der Waals surface area (Å²) >= 11 is 0. The predicted octanol–water partition coefficient (Wildman–Crippen LogP) is 3.72. The number of nitrogens with one attached hydrogen (secondary N) is 1. The maximum Gasteiger partial charge on any atom is 0.251 e. The molecule has 0 fully saturated rings. The molecule has 2 heteroatoms. The Morgan fingerprint density at radius 1 is 1.33 bits per heavy atom. The lowest BCUT2D eigenvalue weighted by atomic mass is 10.0. The fraction of sp³-hybridized carbons (Fsp3) is 0.562. The van der Waals surface area contributed by atoms with Gasteiger partial charge in [-0.2, -0.15) is 0 Å². The molecule has 1 aromatic rings. The van der Waals surface area contributed by atoms with E-state index < -0.39 is 0 Å². The van der Waals surface area contributed by atoms with Crippen molar-refractivity contribution in [2.75, 3.05) is 6.54 Å². The Balaban J connectivity index is 2.69. The third kappa shape index (κ3) is 4.52. The van der Waals surface area contributed by atoms with Crippen molar-refractivity contribution in [3.63, 3.8) is 0 Å². The smallest absolute Gasteiger partial charge is 0.251 e. The first-order chi connectivity index (χ1) is 8.54. The third-order valence-electron chi connectivity index (χ3n) is 3.03. The maximum absolute atomic E-state index is 12.0. The summed E-state index contributed by atoms with van der Waals surface area (Å²) in [5, 5.41) is 2.96. The molecule has 1 N–H and O–H groups in total. The molecule has 0 aliphatic rings. The Morgan fingerprint density at radius 2 is 2.06 bits per heavy atom. The van der Waals surface area contributed by atoms with Gasteiger partial charge in [-0.05, 0) is 42.9 Å². The molecule has 1 amide bonds.